The topological polar surface area (TPSA) is 64.3 Å². The molecule has 1 aromatic heterocycles. The minimum Gasteiger partial charge on any atom is -0.476 e. The van der Waals surface area contributed by atoms with Gasteiger partial charge in [0.2, 0.25) is 5.83 Å². The SMILES string of the molecule is O=C(O)/C(F)=C/c1ccc2cnn(C3CCCCO3)c2c1Cl. The molecule has 0 bridgehead atoms. The summed E-state index contributed by atoms with van der Waals surface area (Å²) in [6.45, 7) is 0.664. The molecule has 1 unspecified atom stereocenters. The molecule has 116 valence electrons. The molecule has 0 saturated carbocycles. The van der Waals surface area contributed by atoms with E-state index in [0.717, 1.165) is 30.7 Å². The summed E-state index contributed by atoms with van der Waals surface area (Å²) in [6.07, 6.45) is 5.25. The van der Waals surface area contributed by atoms with Crippen molar-refractivity contribution in [2.45, 2.75) is 25.5 Å². The van der Waals surface area contributed by atoms with Crippen LogP contribution in [0.5, 0.6) is 0 Å². The van der Waals surface area contributed by atoms with Gasteiger partial charge in [-0.3, -0.25) is 0 Å². The van der Waals surface area contributed by atoms with Crippen molar-refractivity contribution in [3.05, 3.63) is 34.7 Å². The normalized spacial score (nSPS) is 19.5. The van der Waals surface area contributed by atoms with Crippen LogP contribution >= 0.6 is 11.6 Å². The molecular weight excluding hydrogens is 311 g/mol. The van der Waals surface area contributed by atoms with E-state index in [4.69, 9.17) is 21.4 Å². The van der Waals surface area contributed by atoms with Crippen LogP contribution in [0.15, 0.2) is 24.2 Å². The van der Waals surface area contributed by atoms with Gasteiger partial charge in [0, 0.05) is 12.0 Å². The molecule has 22 heavy (non-hydrogen) atoms. The van der Waals surface area contributed by atoms with Crippen LogP contribution in [0.3, 0.4) is 0 Å². The Hall–Kier alpha value is -1.92. The average molecular weight is 325 g/mol. The molecule has 1 saturated heterocycles. The first-order valence-corrected chi connectivity index (χ1v) is 7.33. The van der Waals surface area contributed by atoms with Gasteiger partial charge in [-0.2, -0.15) is 9.49 Å². The van der Waals surface area contributed by atoms with Gasteiger partial charge in [-0.25, -0.2) is 9.48 Å². The fourth-order valence-electron chi connectivity index (χ4n) is 2.56. The van der Waals surface area contributed by atoms with Gasteiger partial charge >= 0.3 is 5.97 Å². The number of aromatic nitrogens is 2. The van der Waals surface area contributed by atoms with Crippen molar-refractivity contribution in [3.63, 3.8) is 0 Å². The van der Waals surface area contributed by atoms with E-state index in [0.29, 0.717) is 17.7 Å². The Bertz CT molecular complexity index is 751. The van der Waals surface area contributed by atoms with Crippen molar-refractivity contribution in [2.24, 2.45) is 0 Å². The monoisotopic (exact) mass is 324 g/mol. The number of fused-ring (bicyclic) bond motifs is 1. The van der Waals surface area contributed by atoms with Crippen molar-refractivity contribution in [2.75, 3.05) is 6.61 Å². The average Bonchev–Trinajstić information content (AvgIpc) is 2.95. The van der Waals surface area contributed by atoms with Gasteiger partial charge in [0.05, 0.1) is 16.7 Å². The number of hydrogen-bond donors (Lipinski definition) is 1. The highest BCUT2D eigenvalue weighted by molar-refractivity contribution is 6.36. The van der Waals surface area contributed by atoms with E-state index < -0.39 is 11.8 Å². The van der Waals surface area contributed by atoms with Crippen molar-refractivity contribution < 1.29 is 19.0 Å². The number of carboxylic acids is 1. The molecular formula is C15H14ClFN2O3. The van der Waals surface area contributed by atoms with Crippen molar-refractivity contribution in [1.29, 1.82) is 0 Å². The second kappa shape index (κ2) is 6.06. The minimum atomic E-state index is -1.62. The Labute approximate surface area is 130 Å². The molecule has 1 aliphatic rings. The number of hydrogen-bond acceptors (Lipinski definition) is 3. The Morgan fingerprint density at radius 1 is 1.50 bits per heavy atom. The van der Waals surface area contributed by atoms with E-state index in [9.17, 15) is 9.18 Å². The third kappa shape index (κ3) is 2.71. The standard InChI is InChI=1S/C15H14ClFN2O3/c16-13-9(7-11(17)15(20)21)4-5-10-8-18-19(14(10)13)12-3-1-2-6-22-12/h4-5,7-8,12H,1-3,6H2,(H,20,21)/b11-7-. The summed E-state index contributed by atoms with van der Waals surface area (Å²) in [5.74, 6) is -2.89. The number of carbonyl (C=O) groups is 1. The smallest absolute Gasteiger partial charge is 0.364 e. The molecule has 3 rings (SSSR count). The molecule has 1 aromatic carbocycles. The molecule has 2 aromatic rings. The van der Waals surface area contributed by atoms with Crippen LogP contribution in [0.25, 0.3) is 17.0 Å². The molecule has 0 amide bonds. The quantitative estimate of drug-likeness (QED) is 0.873. The molecule has 1 fully saturated rings. The van der Waals surface area contributed by atoms with Crippen LogP contribution in [-0.4, -0.2) is 27.5 Å². The van der Waals surface area contributed by atoms with Gasteiger partial charge in [0.25, 0.3) is 0 Å². The molecule has 5 nitrogen and oxygen atoms in total. The molecule has 0 aliphatic carbocycles. The maximum atomic E-state index is 13.3. The molecule has 1 atom stereocenters. The second-order valence-corrected chi connectivity index (χ2v) is 5.49. The van der Waals surface area contributed by atoms with Crippen LogP contribution in [0.2, 0.25) is 5.02 Å². The molecule has 0 radical (unpaired) electrons. The van der Waals surface area contributed by atoms with Gasteiger partial charge in [-0.15, -0.1) is 0 Å². The van der Waals surface area contributed by atoms with Crippen molar-refractivity contribution in [1.82, 2.24) is 9.78 Å². The van der Waals surface area contributed by atoms with Crippen LogP contribution in [-0.2, 0) is 9.53 Å². The minimum absolute atomic E-state index is 0.202. The lowest BCUT2D eigenvalue weighted by atomic mass is 10.1. The Morgan fingerprint density at radius 2 is 2.32 bits per heavy atom. The maximum absolute atomic E-state index is 13.3. The lowest BCUT2D eigenvalue weighted by molar-refractivity contribution is -0.134. The van der Waals surface area contributed by atoms with Crippen LogP contribution < -0.4 is 0 Å². The first kappa shape index (κ1) is 15.0. The van der Waals surface area contributed by atoms with Gasteiger partial charge in [0.15, 0.2) is 6.23 Å². The van der Waals surface area contributed by atoms with E-state index in [1.54, 1.807) is 23.0 Å². The Morgan fingerprint density at radius 3 is 3.00 bits per heavy atom. The molecule has 1 N–H and O–H groups in total. The number of nitrogens with zero attached hydrogens (tertiary/aromatic N) is 2. The number of carboxylic acid groups (broad SMARTS) is 1. The van der Waals surface area contributed by atoms with Crippen molar-refractivity contribution in [3.8, 4) is 0 Å². The Balaban J connectivity index is 2.09. The van der Waals surface area contributed by atoms with E-state index in [1.807, 2.05) is 0 Å². The fourth-order valence-corrected chi connectivity index (χ4v) is 2.87. The van der Waals surface area contributed by atoms with Crippen LogP contribution in [0, 0.1) is 0 Å². The van der Waals surface area contributed by atoms with Gasteiger partial charge in [0.1, 0.15) is 0 Å². The van der Waals surface area contributed by atoms with E-state index in [1.165, 1.54) is 0 Å². The largest absolute Gasteiger partial charge is 0.476 e. The van der Waals surface area contributed by atoms with Gasteiger partial charge < -0.3 is 9.84 Å². The zero-order chi connectivity index (χ0) is 15.7. The number of halogens is 2. The lowest BCUT2D eigenvalue weighted by Crippen LogP contribution is -2.19. The summed E-state index contributed by atoms with van der Waals surface area (Å²) in [7, 11) is 0. The summed E-state index contributed by atoms with van der Waals surface area (Å²) < 4.78 is 20.7. The highest BCUT2D eigenvalue weighted by atomic mass is 35.5. The zero-order valence-corrected chi connectivity index (χ0v) is 12.4. The third-order valence-electron chi connectivity index (χ3n) is 3.64. The first-order valence-electron chi connectivity index (χ1n) is 6.96. The summed E-state index contributed by atoms with van der Waals surface area (Å²) in [4.78, 5) is 10.6. The number of ether oxygens (including phenoxy) is 1. The number of aliphatic carboxylic acids is 1. The number of benzene rings is 1. The first-order chi connectivity index (χ1) is 10.6. The summed E-state index contributed by atoms with van der Waals surface area (Å²) in [5.41, 5.74) is 0.923. The van der Waals surface area contributed by atoms with Crippen LogP contribution in [0.4, 0.5) is 4.39 Å². The zero-order valence-electron chi connectivity index (χ0n) is 11.6. The molecule has 7 heteroatoms. The predicted molar refractivity (Wildman–Crippen MR) is 80.3 cm³/mol. The summed E-state index contributed by atoms with van der Waals surface area (Å²) >= 11 is 6.34. The van der Waals surface area contributed by atoms with Gasteiger partial charge in [-0.05, 0) is 30.9 Å². The molecule has 1 aliphatic heterocycles. The maximum Gasteiger partial charge on any atom is 0.364 e. The lowest BCUT2D eigenvalue weighted by Gasteiger charge is -2.23. The second-order valence-electron chi connectivity index (χ2n) is 5.11. The van der Waals surface area contributed by atoms with E-state index in [-0.39, 0.29) is 11.3 Å². The van der Waals surface area contributed by atoms with Crippen LogP contribution in [0.1, 0.15) is 31.1 Å². The number of rotatable bonds is 3. The van der Waals surface area contributed by atoms with Crippen molar-refractivity contribution >= 4 is 34.5 Å². The fraction of sp³-hybridized carbons (Fsp3) is 0.333. The summed E-state index contributed by atoms with van der Waals surface area (Å²) in [6, 6.07) is 3.30. The molecule has 2 heterocycles. The van der Waals surface area contributed by atoms with Gasteiger partial charge in [-0.1, -0.05) is 23.7 Å². The molecule has 0 spiro atoms. The third-order valence-corrected chi connectivity index (χ3v) is 4.04. The van der Waals surface area contributed by atoms with E-state index >= 15 is 0 Å². The highest BCUT2D eigenvalue weighted by Gasteiger charge is 2.21. The summed E-state index contributed by atoms with van der Waals surface area (Å²) in [5, 5.41) is 14.0. The Kier molecular flexibility index (Phi) is 4.13. The highest BCUT2D eigenvalue weighted by Crippen LogP contribution is 2.33. The van der Waals surface area contributed by atoms with E-state index in [2.05, 4.69) is 5.10 Å². The predicted octanol–water partition coefficient (Wildman–Crippen LogP) is 3.78.